The summed E-state index contributed by atoms with van der Waals surface area (Å²) in [6.07, 6.45) is 7.14. The van der Waals surface area contributed by atoms with E-state index >= 15 is 0 Å². The quantitative estimate of drug-likeness (QED) is 0.858. The molecule has 2 rings (SSSR count). The van der Waals surface area contributed by atoms with E-state index in [1.54, 1.807) is 30.9 Å². The molecule has 106 valence electrons. The van der Waals surface area contributed by atoms with Crippen LogP contribution in [0.2, 0.25) is 0 Å². The first-order chi connectivity index (χ1) is 9.72. The smallest absolute Gasteiger partial charge is 0.255 e. The Bertz CT molecular complexity index is 552. The lowest BCUT2D eigenvalue weighted by Gasteiger charge is -2.20. The van der Waals surface area contributed by atoms with Gasteiger partial charge in [-0.1, -0.05) is 0 Å². The number of nitrogens with one attached hydrogen (secondary N) is 1. The monoisotopic (exact) mass is 273 g/mol. The number of rotatable bonds is 6. The number of pyridine rings is 1. The molecule has 0 aromatic carbocycles. The molecule has 6 heteroatoms. The highest BCUT2D eigenvalue weighted by Crippen LogP contribution is 2.15. The molecular formula is C14H19N5O. The Morgan fingerprint density at radius 3 is 3.00 bits per heavy atom. The van der Waals surface area contributed by atoms with Crippen molar-refractivity contribution in [1.29, 1.82) is 0 Å². The van der Waals surface area contributed by atoms with Crippen LogP contribution in [0.5, 0.6) is 0 Å². The van der Waals surface area contributed by atoms with Gasteiger partial charge in [-0.05, 0) is 19.1 Å². The molecule has 2 heterocycles. The first kappa shape index (κ1) is 14.0. The predicted molar refractivity (Wildman–Crippen MR) is 77.7 cm³/mol. The van der Waals surface area contributed by atoms with Gasteiger partial charge in [0, 0.05) is 45.3 Å². The van der Waals surface area contributed by atoms with Crippen LogP contribution in [0.3, 0.4) is 0 Å². The van der Waals surface area contributed by atoms with E-state index in [-0.39, 0.29) is 5.91 Å². The van der Waals surface area contributed by atoms with E-state index in [4.69, 9.17) is 0 Å². The lowest BCUT2D eigenvalue weighted by Crippen LogP contribution is -2.29. The second kappa shape index (κ2) is 6.70. The molecule has 1 N–H and O–H groups in total. The van der Waals surface area contributed by atoms with E-state index in [1.807, 2.05) is 29.6 Å². The summed E-state index contributed by atoms with van der Waals surface area (Å²) >= 11 is 0. The molecule has 0 radical (unpaired) electrons. The number of imidazole rings is 1. The van der Waals surface area contributed by atoms with Crippen molar-refractivity contribution >= 4 is 11.7 Å². The summed E-state index contributed by atoms with van der Waals surface area (Å²) in [7, 11) is 1.93. The molecule has 1 amide bonds. The minimum atomic E-state index is -0.0925. The summed E-state index contributed by atoms with van der Waals surface area (Å²) < 4.78 is 1.99. The van der Waals surface area contributed by atoms with Crippen molar-refractivity contribution in [1.82, 2.24) is 19.9 Å². The van der Waals surface area contributed by atoms with E-state index in [9.17, 15) is 4.79 Å². The van der Waals surface area contributed by atoms with Gasteiger partial charge in [0.05, 0.1) is 11.9 Å². The van der Waals surface area contributed by atoms with Crippen LogP contribution in [0.25, 0.3) is 0 Å². The van der Waals surface area contributed by atoms with Gasteiger partial charge >= 0.3 is 0 Å². The van der Waals surface area contributed by atoms with Crippen LogP contribution in [0.15, 0.2) is 37.1 Å². The van der Waals surface area contributed by atoms with Gasteiger partial charge in [0.2, 0.25) is 0 Å². The number of likely N-dealkylation sites (N-methyl/N-ethyl adjacent to an activating group) is 1. The maximum absolute atomic E-state index is 12.0. The Kier molecular flexibility index (Phi) is 4.70. The lowest BCUT2D eigenvalue weighted by atomic mass is 10.2. The molecule has 0 bridgehead atoms. The summed E-state index contributed by atoms with van der Waals surface area (Å²) in [6.45, 7) is 4.05. The molecule has 20 heavy (non-hydrogen) atoms. The van der Waals surface area contributed by atoms with Crippen molar-refractivity contribution in [3.05, 3.63) is 42.6 Å². The largest absolute Gasteiger partial charge is 0.357 e. The third kappa shape index (κ3) is 3.34. The van der Waals surface area contributed by atoms with E-state index in [0.29, 0.717) is 17.9 Å². The molecule has 6 nitrogen and oxygen atoms in total. The zero-order chi connectivity index (χ0) is 14.4. The third-order valence-corrected chi connectivity index (χ3v) is 2.98. The molecule has 0 fully saturated rings. The van der Waals surface area contributed by atoms with Crippen LogP contribution in [0, 0.1) is 0 Å². The second-order valence-corrected chi connectivity index (χ2v) is 4.46. The molecule has 0 saturated heterocycles. The highest BCUT2D eigenvalue weighted by molar-refractivity contribution is 5.98. The summed E-state index contributed by atoms with van der Waals surface area (Å²) in [4.78, 5) is 22.3. The molecule has 0 unspecified atom stereocenters. The maximum Gasteiger partial charge on any atom is 0.255 e. The average Bonchev–Trinajstić information content (AvgIpc) is 2.98. The molecule has 2 aromatic rings. The topological polar surface area (TPSA) is 63.1 Å². The van der Waals surface area contributed by atoms with E-state index in [1.165, 1.54) is 0 Å². The number of hydrogen-bond donors (Lipinski definition) is 1. The first-order valence-electron chi connectivity index (χ1n) is 6.62. The van der Waals surface area contributed by atoms with E-state index < -0.39 is 0 Å². The zero-order valence-corrected chi connectivity index (χ0v) is 11.8. The second-order valence-electron chi connectivity index (χ2n) is 4.46. The summed E-state index contributed by atoms with van der Waals surface area (Å²) in [5.41, 5.74) is 0.600. The maximum atomic E-state index is 12.0. The van der Waals surface area contributed by atoms with Gasteiger partial charge in [-0.3, -0.25) is 4.79 Å². The van der Waals surface area contributed by atoms with Crippen molar-refractivity contribution in [2.45, 2.75) is 13.5 Å². The number of amides is 1. The standard InChI is InChI=1S/C14H19N5O/c1-3-16-14(20)12-5-4-6-17-13(12)18(2)9-10-19-8-7-15-11-19/h4-8,11H,3,9-10H2,1-2H3,(H,16,20). The van der Waals surface area contributed by atoms with Gasteiger partial charge in [-0.2, -0.15) is 0 Å². The molecule has 0 aliphatic heterocycles. The normalized spacial score (nSPS) is 10.3. The average molecular weight is 273 g/mol. The molecular weight excluding hydrogens is 254 g/mol. The Morgan fingerprint density at radius 1 is 1.45 bits per heavy atom. The minimum Gasteiger partial charge on any atom is -0.357 e. The van der Waals surface area contributed by atoms with Crippen LogP contribution in [-0.2, 0) is 6.54 Å². The molecule has 0 aliphatic carbocycles. The zero-order valence-electron chi connectivity index (χ0n) is 11.8. The van der Waals surface area contributed by atoms with Crippen LogP contribution in [0.1, 0.15) is 17.3 Å². The van der Waals surface area contributed by atoms with Crippen molar-refractivity contribution in [2.24, 2.45) is 0 Å². The van der Waals surface area contributed by atoms with Crippen LogP contribution in [0.4, 0.5) is 5.82 Å². The Hall–Kier alpha value is -2.37. The predicted octanol–water partition coefficient (Wildman–Crippen LogP) is 1.16. The van der Waals surface area contributed by atoms with Crippen LogP contribution < -0.4 is 10.2 Å². The van der Waals surface area contributed by atoms with Crippen LogP contribution >= 0.6 is 0 Å². The van der Waals surface area contributed by atoms with Gasteiger partial charge in [0.1, 0.15) is 5.82 Å². The van der Waals surface area contributed by atoms with Crippen LogP contribution in [-0.4, -0.2) is 40.6 Å². The Morgan fingerprint density at radius 2 is 2.30 bits per heavy atom. The van der Waals surface area contributed by atoms with Gasteiger partial charge < -0.3 is 14.8 Å². The number of nitrogens with zero attached hydrogens (tertiary/aromatic N) is 4. The lowest BCUT2D eigenvalue weighted by molar-refractivity contribution is 0.0956. The minimum absolute atomic E-state index is 0.0925. The van der Waals surface area contributed by atoms with Gasteiger partial charge in [0.15, 0.2) is 0 Å². The SMILES string of the molecule is CCNC(=O)c1cccnc1N(C)CCn1ccnc1. The fourth-order valence-electron chi connectivity index (χ4n) is 1.92. The molecule has 0 atom stereocenters. The number of carbonyl (C=O) groups is 1. The number of carbonyl (C=O) groups excluding carboxylic acids is 1. The van der Waals surface area contributed by atoms with Gasteiger partial charge in [-0.25, -0.2) is 9.97 Å². The molecule has 2 aromatic heterocycles. The number of anilines is 1. The summed E-state index contributed by atoms with van der Waals surface area (Å²) in [6, 6.07) is 3.57. The fraction of sp³-hybridized carbons (Fsp3) is 0.357. The Balaban J connectivity index is 2.08. The highest BCUT2D eigenvalue weighted by atomic mass is 16.1. The fourth-order valence-corrected chi connectivity index (χ4v) is 1.92. The van der Waals surface area contributed by atoms with E-state index in [2.05, 4.69) is 15.3 Å². The molecule has 0 aliphatic rings. The highest BCUT2D eigenvalue weighted by Gasteiger charge is 2.14. The van der Waals surface area contributed by atoms with Crippen molar-refractivity contribution in [2.75, 3.05) is 25.0 Å². The third-order valence-electron chi connectivity index (χ3n) is 2.98. The molecule has 0 saturated carbocycles. The van der Waals surface area contributed by atoms with Gasteiger partial charge in [-0.15, -0.1) is 0 Å². The van der Waals surface area contributed by atoms with Crippen molar-refractivity contribution in [3.63, 3.8) is 0 Å². The number of hydrogen-bond acceptors (Lipinski definition) is 4. The summed E-state index contributed by atoms with van der Waals surface area (Å²) in [5, 5.41) is 2.81. The van der Waals surface area contributed by atoms with Gasteiger partial charge in [0.25, 0.3) is 5.91 Å². The van der Waals surface area contributed by atoms with Crippen molar-refractivity contribution < 1.29 is 4.79 Å². The Labute approximate surface area is 118 Å². The summed E-state index contributed by atoms with van der Waals surface area (Å²) in [5.74, 6) is 0.601. The van der Waals surface area contributed by atoms with E-state index in [0.717, 1.165) is 13.1 Å². The molecule has 0 spiro atoms. The first-order valence-corrected chi connectivity index (χ1v) is 6.62. The number of aromatic nitrogens is 3. The van der Waals surface area contributed by atoms with Crippen molar-refractivity contribution in [3.8, 4) is 0 Å².